The van der Waals surface area contributed by atoms with Crippen LogP contribution in [-0.2, 0) is 30.7 Å². The van der Waals surface area contributed by atoms with E-state index in [1.165, 1.54) is 5.56 Å². The molecule has 0 fully saturated rings. The summed E-state index contributed by atoms with van der Waals surface area (Å²) in [5, 5.41) is 0. The first-order valence-corrected chi connectivity index (χ1v) is 11.7. The summed E-state index contributed by atoms with van der Waals surface area (Å²) in [6.45, 7) is 1.04. The van der Waals surface area contributed by atoms with Gasteiger partial charge in [-0.05, 0) is 58.2 Å². The van der Waals surface area contributed by atoms with Crippen molar-refractivity contribution < 1.29 is 9.35 Å². The minimum Gasteiger partial charge on any atom is -0.612 e. The zero-order valence-electron chi connectivity index (χ0n) is 17.7. The van der Waals surface area contributed by atoms with E-state index in [0.29, 0.717) is 19.5 Å². The molecule has 3 aromatic rings. The van der Waals surface area contributed by atoms with Gasteiger partial charge in [0.1, 0.15) is 6.26 Å². The van der Waals surface area contributed by atoms with Gasteiger partial charge in [-0.15, -0.1) is 0 Å². The van der Waals surface area contributed by atoms with Gasteiger partial charge in [-0.3, -0.25) is 4.90 Å². The van der Waals surface area contributed by atoms with Gasteiger partial charge in [0, 0.05) is 32.1 Å². The molecule has 0 saturated heterocycles. The molecule has 156 valence electrons. The van der Waals surface area contributed by atoms with Crippen LogP contribution in [0.25, 0.3) is 0 Å². The Kier molecular flexibility index (Phi) is 6.31. The molecule has 1 unspecified atom stereocenters. The molecule has 0 radical (unpaired) electrons. The second-order valence-electron chi connectivity index (χ2n) is 7.60. The lowest BCUT2D eigenvalue weighted by Gasteiger charge is -2.35. The molecule has 1 aliphatic heterocycles. The van der Waals surface area contributed by atoms with E-state index < -0.39 is 11.2 Å². The molecule has 0 N–H and O–H groups in total. The minimum atomic E-state index is -1.01. The van der Waals surface area contributed by atoms with Gasteiger partial charge in [-0.2, -0.15) is 0 Å². The number of hydrogen-bond donors (Lipinski definition) is 0. The normalized spacial score (nSPS) is 14.0. The Balaban J connectivity index is 1.50. The number of rotatable bonds is 4. The van der Waals surface area contributed by atoms with Gasteiger partial charge < -0.3 is 9.45 Å². The number of urea groups is 1. The van der Waals surface area contributed by atoms with Crippen molar-refractivity contribution in [2.24, 2.45) is 0 Å². The fourth-order valence-corrected chi connectivity index (χ4v) is 4.20. The van der Waals surface area contributed by atoms with Gasteiger partial charge >= 0.3 is 6.03 Å². The first-order valence-electron chi connectivity index (χ1n) is 10.1. The summed E-state index contributed by atoms with van der Waals surface area (Å²) in [5.41, 5.74) is 5.17. The Bertz CT molecular complexity index is 1130. The Morgan fingerprint density at radius 1 is 1.00 bits per heavy atom. The summed E-state index contributed by atoms with van der Waals surface area (Å²) in [7, 11) is 1.80. The Morgan fingerprint density at radius 3 is 2.45 bits per heavy atom. The second kappa shape index (κ2) is 9.30. The molecule has 4 rings (SSSR count). The highest BCUT2D eigenvalue weighted by Gasteiger charge is 2.27. The monoisotopic (exact) mass is 428 g/mol. The van der Waals surface area contributed by atoms with Crippen LogP contribution < -0.4 is 4.90 Å². The van der Waals surface area contributed by atoms with Crippen LogP contribution in [0.4, 0.5) is 10.5 Å². The molecular formula is C26H24N2O2S. The molecule has 0 spiro atoms. The summed E-state index contributed by atoms with van der Waals surface area (Å²) in [6, 6.07) is 23.8. The van der Waals surface area contributed by atoms with Gasteiger partial charge in [0.25, 0.3) is 0 Å². The number of amides is 2. The van der Waals surface area contributed by atoms with Crippen molar-refractivity contribution in [3.63, 3.8) is 0 Å². The average molecular weight is 429 g/mol. The lowest BCUT2D eigenvalue weighted by atomic mass is 10.0. The highest BCUT2D eigenvalue weighted by molar-refractivity contribution is 7.90. The average Bonchev–Trinajstić information content (AvgIpc) is 2.78. The number of carbonyl (C=O) groups is 1. The van der Waals surface area contributed by atoms with E-state index in [1.54, 1.807) is 18.2 Å². The minimum absolute atomic E-state index is 0.0291. The highest BCUT2D eigenvalue weighted by Crippen LogP contribution is 2.29. The van der Waals surface area contributed by atoms with Gasteiger partial charge in [0.05, 0.1) is 5.69 Å². The summed E-state index contributed by atoms with van der Waals surface area (Å²) in [6.07, 6.45) is 2.37. The molecule has 0 saturated carbocycles. The topological polar surface area (TPSA) is 46.6 Å². The molecule has 2 amide bonds. The molecule has 4 nitrogen and oxygen atoms in total. The number of fused-ring (bicyclic) bond motifs is 1. The van der Waals surface area contributed by atoms with E-state index >= 15 is 0 Å². The highest BCUT2D eigenvalue weighted by atomic mass is 32.2. The van der Waals surface area contributed by atoms with Crippen molar-refractivity contribution in [2.45, 2.75) is 24.4 Å². The number of benzene rings is 3. The summed E-state index contributed by atoms with van der Waals surface area (Å²) in [4.78, 5) is 17.2. The molecule has 1 aliphatic rings. The Hall–Kier alpha value is -3.20. The smallest absolute Gasteiger partial charge is 0.324 e. The molecule has 0 aromatic heterocycles. The van der Waals surface area contributed by atoms with Crippen LogP contribution in [0, 0.1) is 11.8 Å². The number of anilines is 1. The van der Waals surface area contributed by atoms with Crippen LogP contribution in [-0.4, -0.2) is 28.8 Å². The summed E-state index contributed by atoms with van der Waals surface area (Å²) >= 11 is -1.01. The van der Waals surface area contributed by atoms with E-state index in [0.717, 1.165) is 27.3 Å². The largest absolute Gasteiger partial charge is 0.612 e. The summed E-state index contributed by atoms with van der Waals surface area (Å²) in [5.74, 6) is 6.49. The van der Waals surface area contributed by atoms with Gasteiger partial charge in [0.2, 0.25) is 0 Å². The van der Waals surface area contributed by atoms with E-state index in [2.05, 4.69) is 30.0 Å². The maximum absolute atomic E-state index is 12.9. The van der Waals surface area contributed by atoms with Crippen molar-refractivity contribution in [1.82, 2.24) is 4.90 Å². The SMILES string of the molecule is CN1C(=O)N(Cc2ccc([S+](C)[O-])cc2)Cc2cc(C#CCc3ccccc3)ccc21. The standard InChI is InChI=1S/C26H24N2O2S/c1-27-25-16-13-21(10-6-9-20-7-4-3-5-8-20)17-23(25)19-28(26(27)29)18-22-11-14-24(15-12-22)31(2)30/h3-5,7-8,11-17H,9,18-19H2,1-2H3. The van der Waals surface area contributed by atoms with Crippen LogP contribution in [0.15, 0.2) is 77.7 Å². The van der Waals surface area contributed by atoms with Gasteiger partial charge in [-0.25, -0.2) is 4.79 Å². The molecule has 1 atom stereocenters. The predicted octanol–water partition coefficient (Wildman–Crippen LogP) is 4.59. The van der Waals surface area contributed by atoms with Crippen LogP contribution in [0.1, 0.15) is 22.3 Å². The third-order valence-electron chi connectivity index (χ3n) is 5.36. The third kappa shape index (κ3) is 4.93. The molecule has 0 bridgehead atoms. The predicted molar refractivity (Wildman–Crippen MR) is 125 cm³/mol. The van der Waals surface area contributed by atoms with Gasteiger partial charge in [0.15, 0.2) is 4.90 Å². The molecule has 3 aromatic carbocycles. The first-order chi connectivity index (χ1) is 15.0. The number of hydrogen-bond acceptors (Lipinski definition) is 2. The first kappa shape index (κ1) is 21.0. The molecule has 31 heavy (non-hydrogen) atoms. The van der Waals surface area contributed by atoms with Gasteiger partial charge in [-0.1, -0.05) is 54.3 Å². The number of nitrogens with zero attached hydrogens (tertiary/aromatic N) is 2. The van der Waals surface area contributed by atoms with Crippen molar-refractivity contribution in [2.75, 3.05) is 18.2 Å². The Labute approximate surface area is 186 Å². The fraction of sp³-hybridized carbons (Fsp3) is 0.192. The second-order valence-corrected chi connectivity index (χ2v) is 8.98. The molecule has 1 heterocycles. The van der Waals surface area contributed by atoms with Crippen molar-refractivity contribution >= 4 is 22.9 Å². The lowest BCUT2D eigenvalue weighted by Crippen LogP contribution is -2.44. The van der Waals surface area contributed by atoms with Crippen LogP contribution >= 0.6 is 0 Å². The quantitative estimate of drug-likeness (QED) is 0.451. The fourth-order valence-electron chi connectivity index (χ4n) is 3.68. The van der Waals surface area contributed by atoms with Crippen molar-refractivity contribution in [1.29, 1.82) is 0 Å². The van der Waals surface area contributed by atoms with E-state index in [9.17, 15) is 9.35 Å². The molecule has 0 aliphatic carbocycles. The van der Waals surface area contributed by atoms with Crippen molar-refractivity contribution in [3.8, 4) is 11.8 Å². The van der Waals surface area contributed by atoms with Crippen LogP contribution in [0.5, 0.6) is 0 Å². The van der Waals surface area contributed by atoms with E-state index in [-0.39, 0.29) is 6.03 Å². The summed E-state index contributed by atoms with van der Waals surface area (Å²) < 4.78 is 11.6. The number of carbonyl (C=O) groups excluding carboxylic acids is 1. The lowest BCUT2D eigenvalue weighted by molar-refractivity contribution is 0.197. The van der Waals surface area contributed by atoms with Crippen LogP contribution in [0.3, 0.4) is 0 Å². The molecule has 5 heteroatoms. The zero-order valence-corrected chi connectivity index (χ0v) is 18.5. The van der Waals surface area contributed by atoms with E-state index in [1.807, 2.05) is 59.5 Å². The van der Waals surface area contributed by atoms with Crippen LogP contribution in [0.2, 0.25) is 0 Å². The van der Waals surface area contributed by atoms with E-state index in [4.69, 9.17) is 0 Å². The third-order valence-corrected chi connectivity index (χ3v) is 6.29. The maximum Gasteiger partial charge on any atom is 0.324 e. The molecular weight excluding hydrogens is 404 g/mol. The zero-order chi connectivity index (χ0) is 21.8. The maximum atomic E-state index is 12.9. The Morgan fingerprint density at radius 2 is 1.74 bits per heavy atom. The van der Waals surface area contributed by atoms with Crippen molar-refractivity contribution in [3.05, 3.63) is 95.1 Å².